The Kier molecular flexibility index (Phi) is 35.5. The lowest BCUT2D eigenvalue weighted by Gasteiger charge is -2.39. The highest BCUT2D eigenvalue weighted by Gasteiger charge is 2.54. The van der Waals surface area contributed by atoms with Gasteiger partial charge < -0.3 is 123 Å². The molecule has 0 saturated carbocycles. The second-order valence-electron chi connectivity index (χ2n) is 35.2. The average Bonchev–Trinajstić information content (AvgIpc) is 1.64. The molecule has 4 saturated heterocycles. The Bertz CT molecular complexity index is 3600. The van der Waals surface area contributed by atoms with Crippen LogP contribution in [0.15, 0.2) is 0 Å². The summed E-state index contributed by atoms with van der Waals surface area (Å²) in [6, 6.07) is -10.00. The first-order chi connectivity index (χ1) is 53.9. The average molecular weight is 1670 g/mol. The summed E-state index contributed by atoms with van der Waals surface area (Å²) in [5.41, 5.74) is -12.6. The maximum absolute atomic E-state index is 14.9. The number of esters is 1. The molecule has 20 atom stereocenters. The largest absolute Gasteiger partial charge is 0.455 e. The van der Waals surface area contributed by atoms with Crippen LogP contribution in [0.25, 0.3) is 0 Å². The molecule has 0 aromatic heterocycles. The first-order valence-corrected chi connectivity index (χ1v) is 40.5. The number of nitrogens with one attached hydrogen (secondary N) is 10. The third kappa shape index (κ3) is 24.9. The summed E-state index contributed by atoms with van der Waals surface area (Å²) in [5, 5.41) is 121. The summed E-state index contributed by atoms with van der Waals surface area (Å²) in [6.07, 6.45) is -14.2. The van der Waals surface area contributed by atoms with Crippen LogP contribution in [-0.2, 0) is 76.7 Å². The van der Waals surface area contributed by atoms with Crippen molar-refractivity contribution in [2.45, 2.75) is 346 Å². The van der Waals surface area contributed by atoms with Crippen molar-refractivity contribution < 1.29 is 123 Å². The van der Waals surface area contributed by atoms with Crippen LogP contribution in [0, 0.1) is 17.8 Å². The fourth-order valence-electron chi connectivity index (χ4n) is 14.5. The summed E-state index contributed by atoms with van der Waals surface area (Å²) >= 11 is 0. The lowest BCUT2D eigenvalue weighted by molar-refractivity contribution is -0.181. The van der Waals surface area contributed by atoms with Crippen molar-refractivity contribution in [3.63, 3.8) is 0 Å². The van der Waals surface area contributed by atoms with Gasteiger partial charge in [0.25, 0.3) is 0 Å². The van der Waals surface area contributed by atoms with E-state index in [1.54, 1.807) is 62.3 Å². The van der Waals surface area contributed by atoms with Gasteiger partial charge in [-0.2, -0.15) is 0 Å². The Labute approximate surface area is 684 Å². The van der Waals surface area contributed by atoms with E-state index in [4.69, 9.17) is 4.74 Å². The smallest absolute Gasteiger partial charge is 0.329 e. The number of hydrogen-bond donors (Lipinski definition) is 19. The second-order valence-corrected chi connectivity index (χ2v) is 35.2. The number of β-amino-alcohol motifs (C(OH)–C–C–N with tert-alkyl or cyclic N) is 3. The lowest BCUT2D eigenvalue weighted by Crippen LogP contribution is -2.68. The highest BCUT2D eigenvalue weighted by molar-refractivity contribution is 6.04. The third-order valence-electron chi connectivity index (χ3n) is 22.9. The van der Waals surface area contributed by atoms with Gasteiger partial charge in [-0.1, -0.05) is 75.7 Å². The molecule has 39 nitrogen and oxygen atoms in total. The summed E-state index contributed by atoms with van der Waals surface area (Å²) in [4.78, 5) is 218. The molecule has 0 aromatic carbocycles. The van der Waals surface area contributed by atoms with Crippen molar-refractivity contribution in [2.24, 2.45) is 17.8 Å². The molecule has 20 unspecified atom stereocenters. The Hall–Kier alpha value is -8.31. The number of amides is 14. The van der Waals surface area contributed by atoms with E-state index in [0.29, 0.717) is 0 Å². The van der Waals surface area contributed by atoms with Gasteiger partial charge in [-0.25, -0.2) is 4.79 Å². The maximum Gasteiger partial charge on any atom is 0.329 e. The van der Waals surface area contributed by atoms with E-state index in [-0.39, 0.29) is 102 Å². The monoisotopic (exact) mass is 1670 g/mol. The zero-order chi connectivity index (χ0) is 89.7. The highest BCUT2D eigenvalue weighted by atomic mass is 16.6. The molecule has 14 amide bonds. The second kappa shape index (κ2) is 41.1. The number of aliphatic hydroxyl groups excluding tert-OH is 9. The minimum atomic E-state index is -2.08. The van der Waals surface area contributed by atoms with E-state index >= 15 is 0 Å². The SMILES string of the molecule is CCC(C)C(NC(=O)C(C)(CC)NC(=O)C1C(O)CCN1C(=O)C(C)(C)NC(=O)C(C)(CC)NC(=O)C(C)(C)NC(=O)C1CC(O)CN1C(=O)C(C)(CC)NC(=O)C(CC(C)C)NC(=O)C1CC(O)CN1C(=O)C(C)(CC)NC(=O)C(CC(C)C)NC(=O)C1CC(O)CN1C(=O)C(C)(C)NC(C)=O)C(=O)OC(C(O)CO)C(O)C(O)CO. The minimum absolute atomic E-state index is 0.0275. The molecule has 4 heterocycles. The number of carbonyl (C=O) groups excluding carboxylic acids is 15. The third-order valence-corrected chi connectivity index (χ3v) is 22.9. The Balaban J connectivity index is 1.48. The predicted molar refractivity (Wildman–Crippen MR) is 420 cm³/mol. The molecular formula is C78H134N14O25. The molecule has 117 heavy (non-hydrogen) atoms. The number of rotatable bonds is 40. The molecule has 0 aromatic rings. The van der Waals surface area contributed by atoms with Crippen molar-refractivity contribution in [3.05, 3.63) is 0 Å². The van der Waals surface area contributed by atoms with Gasteiger partial charge in [-0.3, -0.25) is 67.1 Å². The van der Waals surface area contributed by atoms with Gasteiger partial charge in [-0.15, -0.1) is 0 Å². The Morgan fingerprint density at radius 1 is 0.436 bits per heavy atom. The Morgan fingerprint density at radius 3 is 1.22 bits per heavy atom. The van der Waals surface area contributed by atoms with E-state index in [9.17, 15) is 118 Å². The van der Waals surface area contributed by atoms with Crippen LogP contribution in [0.5, 0.6) is 0 Å². The molecule has 0 aliphatic carbocycles. The van der Waals surface area contributed by atoms with Crippen LogP contribution >= 0.6 is 0 Å². The summed E-state index contributed by atoms with van der Waals surface area (Å²) in [6.45, 7) is 28.0. The van der Waals surface area contributed by atoms with E-state index in [2.05, 4.69) is 53.2 Å². The molecule has 4 aliphatic heterocycles. The fourth-order valence-corrected chi connectivity index (χ4v) is 14.5. The number of likely N-dealkylation sites (tertiary alicyclic amines) is 4. The van der Waals surface area contributed by atoms with Crippen LogP contribution in [0.3, 0.4) is 0 Å². The topological polar surface area (TPSA) is 581 Å². The van der Waals surface area contributed by atoms with Gasteiger partial charge in [0, 0.05) is 52.4 Å². The molecule has 39 heteroatoms. The first kappa shape index (κ1) is 101. The number of nitrogens with zero attached hydrogens (tertiary/aromatic N) is 4. The van der Waals surface area contributed by atoms with Crippen molar-refractivity contribution >= 4 is 88.7 Å². The molecule has 4 fully saturated rings. The molecular weight excluding hydrogens is 1530 g/mol. The van der Waals surface area contributed by atoms with Crippen LogP contribution < -0.4 is 53.2 Å². The zero-order valence-corrected chi connectivity index (χ0v) is 71.8. The highest BCUT2D eigenvalue weighted by Crippen LogP contribution is 2.31. The van der Waals surface area contributed by atoms with Crippen LogP contribution in [0.1, 0.15) is 216 Å². The lowest BCUT2D eigenvalue weighted by atomic mass is 9.92. The molecule has 0 bridgehead atoms. The van der Waals surface area contributed by atoms with Gasteiger partial charge in [-0.05, 0) is 132 Å². The van der Waals surface area contributed by atoms with E-state index < -0.39 is 244 Å². The summed E-state index contributed by atoms with van der Waals surface area (Å²) in [7, 11) is 0. The van der Waals surface area contributed by atoms with E-state index in [1.165, 1.54) is 83.1 Å². The number of hydrogen-bond acceptors (Lipinski definition) is 25. The molecule has 0 radical (unpaired) electrons. The normalized spacial score (nSPS) is 23.9. The predicted octanol–water partition coefficient (Wildman–Crippen LogP) is -4.75. The number of carbonyl (C=O) groups is 15. The van der Waals surface area contributed by atoms with Crippen LogP contribution in [0.4, 0.5) is 0 Å². The van der Waals surface area contributed by atoms with Gasteiger partial charge in [0.2, 0.25) is 82.7 Å². The summed E-state index contributed by atoms with van der Waals surface area (Å²) in [5.74, 6) is -14.2. The fraction of sp³-hybridized carbons (Fsp3) is 0.808. The van der Waals surface area contributed by atoms with Crippen LogP contribution in [0.2, 0.25) is 0 Å². The molecule has 4 rings (SSSR count). The number of aliphatic hydroxyl groups is 9. The van der Waals surface area contributed by atoms with Gasteiger partial charge in [0.1, 0.15) is 99.4 Å². The van der Waals surface area contributed by atoms with Crippen molar-refractivity contribution in [1.82, 2.24) is 72.8 Å². The standard InChI is InChI=1S/C78H134N14O25/c1-22-41(10)54(64(109)117-57(53(101)38-94)56(102)52(100)37-93)81-66(111)75(18,23-2)86-63(108)55-51(99)27-28-89(55)68(113)74(16,17)87-67(112)76(19,24-3)88-65(110)72(12,13)83-62(107)50-33-45(98)36-92(50)71(116)78(21,26-5)85-59(104)47(30-40(8)9)80-61(106)49-32-44(97)35-91(49)70(115)77(20,25-4)84-58(103)46(29-39(6)7)79-60(105)48-31-43(96)34-90(48)69(114)73(14,15)82-42(11)95/h39-41,43-57,93-94,96-102H,22-38H2,1-21H3,(H,79,105)(H,80,106)(H,81,111)(H,82,95)(H,83,107)(H,84,103)(H,85,104)(H,86,108)(H,87,112)(H,88,110). The van der Waals surface area contributed by atoms with E-state index in [0.717, 1.165) is 19.6 Å². The minimum Gasteiger partial charge on any atom is -0.455 e. The Morgan fingerprint density at radius 2 is 0.829 bits per heavy atom. The maximum atomic E-state index is 14.9. The van der Waals surface area contributed by atoms with Gasteiger partial charge in [0.05, 0.1) is 37.6 Å². The van der Waals surface area contributed by atoms with Gasteiger partial charge in [0.15, 0.2) is 6.10 Å². The molecule has 666 valence electrons. The molecule has 4 aliphatic rings. The zero-order valence-electron chi connectivity index (χ0n) is 71.8. The first-order valence-electron chi connectivity index (χ1n) is 40.5. The van der Waals surface area contributed by atoms with E-state index in [1.807, 2.05) is 0 Å². The number of ether oxygens (including phenoxy) is 1. The summed E-state index contributed by atoms with van der Waals surface area (Å²) < 4.78 is 5.31. The molecule has 0 spiro atoms. The van der Waals surface area contributed by atoms with Gasteiger partial charge >= 0.3 is 5.97 Å². The van der Waals surface area contributed by atoms with Crippen molar-refractivity contribution in [2.75, 3.05) is 39.4 Å². The van der Waals surface area contributed by atoms with Crippen molar-refractivity contribution in [3.8, 4) is 0 Å². The van der Waals surface area contributed by atoms with Crippen LogP contribution in [-0.4, -0.2) is 324 Å². The van der Waals surface area contributed by atoms with Crippen molar-refractivity contribution in [1.29, 1.82) is 0 Å². The quantitative estimate of drug-likeness (QED) is 0.0256. The molecule has 19 N–H and O–H groups in total.